The van der Waals surface area contributed by atoms with E-state index in [0.717, 1.165) is 12.2 Å². The van der Waals surface area contributed by atoms with Crippen LogP contribution in [0.25, 0.3) is 0 Å². The minimum atomic E-state index is 0.149. The first-order valence-corrected chi connectivity index (χ1v) is 7.54. The Labute approximate surface area is 109 Å². The molecule has 0 radical (unpaired) electrons. The minimum Gasteiger partial charge on any atom is -0.496 e. The number of hydrogen-bond donors (Lipinski definition) is 1. The molecule has 2 nitrogen and oxygen atoms in total. The van der Waals surface area contributed by atoms with Gasteiger partial charge < -0.3 is 10.5 Å². The molecule has 17 heavy (non-hydrogen) atoms. The van der Waals surface area contributed by atoms with Gasteiger partial charge in [0.15, 0.2) is 0 Å². The van der Waals surface area contributed by atoms with E-state index in [1.165, 1.54) is 43.4 Å². The molecule has 98 valence electrons. The summed E-state index contributed by atoms with van der Waals surface area (Å²) in [6.07, 6.45) is 9.00. The van der Waals surface area contributed by atoms with E-state index in [-0.39, 0.29) is 6.04 Å². The second kappa shape index (κ2) is 8.54. The van der Waals surface area contributed by atoms with Gasteiger partial charge in [0.25, 0.3) is 0 Å². The summed E-state index contributed by atoms with van der Waals surface area (Å²) in [7, 11) is 1.71. The van der Waals surface area contributed by atoms with Crippen LogP contribution < -0.4 is 10.5 Å². The normalized spacial score (nSPS) is 12.6. The van der Waals surface area contributed by atoms with Crippen molar-refractivity contribution in [3.8, 4) is 5.75 Å². The van der Waals surface area contributed by atoms with E-state index in [4.69, 9.17) is 10.5 Å². The van der Waals surface area contributed by atoms with E-state index in [1.807, 2.05) is 6.07 Å². The third-order valence-electron chi connectivity index (χ3n) is 3.08. The van der Waals surface area contributed by atoms with E-state index in [2.05, 4.69) is 12.3 Å². The molecule has 0 aliphatic rings. The summed E-state index contributed by atoms with van der Waals surface area (Å²) in [5.74, 6) is 0.952. The van der Waals surface area contributed by atoms with Crippen molar-refractivity contribution in [2.45, 2.75) is 57.9 Å². The largest absolute Gasteiger partial charge is 0.496 e. The SMILES string of the molecule is CCCCCCCCC(N)c1sccc1OC. The molecule has 0 saturated carbocycles. The molecule has 1 aromatic rings. The average Bonchev–Trinajstić information content (AvgIpc) is 2.81. The van der Waals surface area contributed by atoms with Crippen LogP contribution in [0.5, 0.6) is 5.75 Å². The van der Waals surface area contributed by atoms with E-state index in [9.17, 15) is 0 Å². The summed E-state index contributed by atoms with van der Waals surface area (Å²) in [5.41, 5.74) is 6.19. The van der Waals surface area contributed by atoms with Crippen LogP contribution in [0.3, 0.4) is 0 Å². The standard InChI is InChI=1S/C14H25NOS/c1-3-4-5-6-7-8-9-12(15)14-13(16-2)10-11-17-14/h10-12H,3-9,15H2,1-2H3. The Kier molecular flexibility index (Phi) is 7.29. The molecular weight excluding hydrogens is 230 g/mol. The summed E-state index contributed by atoms with van der Waals surface area (Å²) in [5, 5.41) is 2.05. The van der Waals surface area contributed by atoms with Gasteiger partial charge in [-0.05, 0) is 17.9 Å². The van der Waals surface area contributed by atoms with Crippen LogP contribution in [0.15, 0.2) is 11.4 Å². The molecule has 0 aromatic carbocycles. The van der Waals surface area contributed by atoms with Gasteiger partial charge in [0, 0.05) is 6.04 Å². The topological polar surface area (TPSA) is 35.2 Å². The molecule has 0 saturated heterocycles. The summed E-state index contributed by atoms with van der Waals surface area (Å²) < 4.78 is 5.30. The highest BCUT2D eigenvalue weighted by molar-refractivity contribution is 7.10. The van der Waals surface area contributed by atoms with Gasteiger partial charge in [-0.2, -0.15) is 0 Å². The third-order valence-corrected chi connectivity index (χ3v) is 4.11. The zero-order chi connectivity index (χ0) is 12.5. The molecule has 0 bridgehead atoms. The fourth-order valence-electron chi connectivity index (χ4n) is 2.02. The fraction of sp³-hybridized carbons (Fsp3) is 0.714. The molecule has 1 unspecified atom stereocenters. The maximum Gasteiger partial charge on any atom is 0.134 e. The van der Waals surface area contributed by atoms with Gasteiger partial charge in [-0.1, -0.05) is 45.4 Å². The van der Waals surface area contributed by atoms with Crippen LogP contribution in [0.2, 0.25) is 0 Å². The van der Waals surface area contributed by atoms with Crippen molar-refractivity contribution in [1.29, 1.82) is 0 Å². The van der Waals surface area contributed by atoms with Gasteiger partial charge in [0.2, 0.25) is 0 Å². The second-order valence-corrected chi connectivity index (χ2v) is 5.46. The predicted octanol–water partition coefficient (Wildman–Crippen LogP) is 4.51. The van der Waals surface area contributed by atoms with Crippen molar-refractivity contribution < 1.29 is 4.74 Å². The fourth-order valence-corrected chi connectivity index (χ4v) is 2.92. The maximum atomic E-state index is 6.19. The van der Waals surface area contributed by atoms with Gasteiger partial charge in [-0.15, -0.1) is 11.3 Å². The van der Waals surface area contributed by atoms with Crippen LogP contribution in [-0.4, -0.2) is 7.11 Å². The first-order valence-electron chi connectivity index (χ1n) is 6.66. The van der Waals surface area contributed by atoms with Gasteiger partial charge in [0.1, 0.15) is 5.75 Å². The Morgan fingerprint density at radius 3 is 2.65 bits per heavy atom. The zero-order valence-corrected chi connectivity index (χ0v) is 11.9. The Hall–Kier alpha value is -0.540. The Morgan fingerprint density at radius 1 is 1.24 bits per heavy atom. The molecule has 0 fully saturated rings. The van der Waals surface area contributed by atoms with Gasteiger partial charge in [0.05, 0.1) is 12.0 Å². The Balaban J connectivity index is 2.19. The molecule has 1 rings (SSSR count). The number of rotatable bonds is 9. The molecule has 3 heteroatoms. The Morgan fingerprint density at radius 2 is 1.94 bits per heavy atom. The van der Waals surface area contributed by atoms with E-state index >= 15 is 0 Å². The lowest BCUT2D eigenvalue weighted by molar-refractivity contribution is 0.406. The summed E-state index contributed by atoms with van der Waals surface area (Å²) in [6, 6.07) is 2.15. The number of ether oxygens (including phenoxy) is 1. The van der Waals surface area contributed by atoms with E-state index < -0.39 is 0 Å². The van der Waals surface area contributed by atoms with Gasteiger partial charge in [-0.3, -0.25) is 0 Å². The summed E-state index contributed by atoms with van der Waals surface area (Å²) >= 11 is 1.70. The van der Waals surface area contributed by atoms with Crippen molar-refractivity contribution in [2.24, 2.45) is 5.73 Å². The highest BCUT2D eigenvalue weighted by Crippen LogP contribution is 2.32. The number of hydrogen-bond acceptors (Lipinski definition) is 3. The zero-order valence-electron chi connectivity index (χ0n) is 11.1. The number of methoxy groups -OCH3 is 1. The number of thiophene rings is 1. The Bertz CT molecular complexity index is 298. The van der Waals surface area contributed by atoms with E-state index in [0.29, 0.717) is 0 Å². The molecule has 1 heterocycles. The molecule has 2 N–H and O–H groups in total. The molecule has 0 spiro atoms. The molecule has 0 aliphatic heterocycles. The van der Waals surface area contributed by atoms with Crippen molar-refractivity contribution >= 4 is 11.3 Å². The summed E-state index contributed by atoms with van der Waals surface area (Å²) in [6.45, 7) is 2.25. The molecule has 0 amide bonds. The summed E-state index contributed by atoms with van der Waals surface area (Å²) in [4.78, 5) is 1.20. The smallest absolute Gasteiger partial charge is 0.134 e. The molecule has 1 atom stereocenters. The van der Waals surface area contributed by atoms with Crippen LogP contribution in [0, 0.1) is 0 Å². The van der Waals surface area contributed by atoms with Crippen LogP contribution in [0.1, 0.15) is 62.8 Å². The van der Waals surface area contributed by atoms with Crippen molar-refractivity contribution in [2.75, 3.05) is 7.11 Å². The van der Waals surface area contributed by atoms with Crippen LogP contribution in [-0.2, 0) is 0 Å². The van der Waals surface area contributed by atoms with Crippen molar-refractivity contribution in [3.63, 3.8) is 0 Å². The van der Waals surface area contributed by atoms with Gasteiger partial charge in [-0.25, -0.2) is 0 Å². The van der Waals surface area contributed by atoms with Crippen molar-refractivity contribution in [1.82, 2.24) is 0 Å². The third kappa shape index (κ3) is 5.09. The van der Waals surface area contributed by atoms with Crippen LogP contribution in [0.4, 0.5) is 0 Å². The van der Waals surface area contributed by atoms with Crippen molar-refractivity contribution in [3.05, 3.63) is 16.3 Å². The monoisotopic (exact) mass is 255 g/mol. The quantitative estimate of drug-likeness (QED) is 0.659. The molecule has 0 aliphatic carbocycles. The first kappa shape index (κ1) is 14.5. The minimum absolute atomic E-state index is 0.149. The lowest BCUT2D eigenvalue weighted by Gasteiger charge is -2.11. The van der Waals surface area contributed by atoms with E-state index in [1.54, 1.807) is 18.4 Å². The lowest BCUT2D eigenvalue weighted by Crippen LogP contribution is -2.09. The van der Waals surface area contributed by atoms with Gasteiger partial charge >= 0.3 is 0 Å². The maximum absolute atomic E-state index is 6.19. The van der Waals surface area contributed by atoms with Crippen LogP contribution >= 0.6 is 11.3 Å². The number of unbranched alkanes of at least 4 members (excludes halogenated alkanes) is 5. The highest BCUT2D eigenvalue weighted by Gasteiger charge is 2.12. The first-order chi connectivity index (χ1) is 8.29. The number of nitrogens with two attached hydrogens (primary N) is 1. The second-order valence-electron chi connectivity index (χ2n) is 4.52. The highest BCUT2D eigenvalue weighted by atomic mass is 32.1. The molecule has 1 aromatic heterocycles. The average molecular weight is 255 g/mol. The lowest BCUT2D eigenvalue weighted by atomic mass is 10.1. The predicted molar refractivity (Wildman–Crippen MR) is 75.8 cm³/mol. The molecular formula is C14H25NOS.